The molecule has 0 aromatic heterocycles. The third kappa shape index (κ3) is 4.74. The summed E-state index contributed by atoms with van der Waals surface area (Å²) in [6.07, 6.45) is 3.52. The molecule has 0 saturated heterocycles. The maximum absolute atomic E-state index is 11.9. The van der Waals surface area contributed by atoms with Crippen LogP contribution in [0.3, 0.4) is 0 Å². The first-order chi connectivity index (χ1) is 9.58. The molecular weight excluding hydrogens is 278 g/mol. The number of aliphatic imine (C=N–C) groups is 1. The number of carbonyl (C=O) groups is 2. The van der Waals surface area contributed by atoms with Crippen molar-refractivity contribution in [3.8, 4) is 6.19 Å². The van der Waals surface area contributed by atoms with Crippen LogP contribution in [0, 0.1) is 11.5 Å². The Kier molecular flexibility index (Phi) is 6.26. The van der Waals surface area contributed by atoms with Gasteiger partial charge < -0.3 is 4.74 Å². The van der Waals surface area contributed by atoms with E-state index in [9.17, 15) is 9.59 Å². The van der Waals surface area contributed by atoms with Crippen LogP contribution in [0.1, 0.15) is 17.3 Å². The van der Waals surface area contributed by atoms with E-state index in [1.54, 1.807) is 36.7 Å². The number of ketones is 1. The molecule has 0 unspecified atom stereocenters. The zero-order valence-corrected chi connectivity index (χ0v) is 11.9. The number of para-hydroxylation sites is 1. The number of benzene rings is 1. The Morgan fingerprint density at radius 2 is 2.15 bits per heavy atom. The van der Waals surface area contributed by atoms with E-state index in [-0.39, 0.29) is 18.0 Å². The van der Waals surface area contributed by atoms with Gasteiger partial charge in [0.2, 0.25) is 0 Å². The van der Waals surface area contributed by atoms with Crippen LogP contribution in [0.25, 0.3) is 0 Å². The molecule has 0 amide bonds. The minimum Gasteiger partial charge on any atom is -0.454 e. The van der Waals surface area contributed by atoms with Crippen molar-refractivity contribution in [2.45, 2.75) is 6.92 Å². The average molecular weight is 291 g/mol. The number of carbonyl (C=O) groups excluding carboxylic acids is 2. The zero-order valence-electron chi connectivity index (χ0n) is 11.0. The van der Waals surface area contributed by atoms with Crippen LogP contribution in [0.15, 0.2) is 29.3 Å². The third-order valence-electron chi connectivity index (χ3n) is 2.11. The molecule has 6 nitrogen and oxygen atoms in total. The van der Waals surface area contributed by atoms with Gasteiger partial charge in [-0.3, -0.25) is 10.1 Å². The molecule has 104 valence electrons. The SMILES string of the molecule is CSC(=Nc1ccccc1C(=O)OCC(C)=O)NC#N. The molecule has 1 rings (SSSR count). The fourth-order valence-corrected chi connectivity index (χ4v) is 1.61. The number of rotatable bonds is 4. The van der Waals surface area contributed by atoms with Crippen molar-refractivity contribution in [2.24, 2.45) is 4.99 Å². The lowest BCUT2D eigenvalue weighted by Crippen LogP contribution is -2.14. The number of ether oxygens (including phenoxy) is 1. The van der Waals surface area contributed by atoms with E-state index in [1.807, 2.05) is 0 Å². The first-order valence-electron chi connectivity index (χ1n) is 5.62. The minimum absolute atomic E-state index is 0.236. The van der Waals surface area contributed by atoms with Crippen molar-refractivity contribution in [1.29, 1.82) is 5.26 Å². The normalized spacial score (nSPS) is 10.6. The Balaban J connectivity index is 3.01. The van der Waals surface area contributed by atoms with E-state index < -0.39 is 5.97 Å². The summed E-state index contributed by atoms with van der Waals surface area (Å²) in [6.45, 7) is 1.06. The monoisotopic (exact) mass is 291 g/mol. The van der Waals surface area contributed by atoms with Gasteiger partial charge in [-0.05, 0) is 25.3 Å². The van der Waals surface area contributed by atoms with Crippen molar-refractivity contribution < 1.29 is 14.3 Å². The molecule has 0 atom stereocenters. The van der Waals surface area contributed by atoms with Crippen LogP contribution in [-0.4, -0.2) is 29.8 Å². The number of nitrogens with one attached hydrogen (secondary N) is 1. The van der Waals surface area contributed by atoms with Gasteiger partial charge >= 0.3 is 5.97 Å². The number of hydrogen-bond acceptors (Lipinski definition) is 6. The Morgan fingerprint density at radius 1 is 1.45 bits per heavy atom. The summed E-state index contributed by atoms with van der Waals surface area (Å²) in [6, 6.07) is 6.55. The van der Waals surface area contributed by atoms with Crippen LogP contribution in [0.5, 0.6) is 0 Å². The Hall–Kier alpha value is -2.33. The molecule has 0 heterocycles. The summed E-state index contributed by atoms with van der Waals surface area (Å²) in [5.41, 5.74) is 0.605. The van der Waals surface area contributed by atoms with Crippen molar-refractivity contribution >= 4 is 34.4 Å². The van der Waals surface area contributed by atoms with Crippen molar-refractivity contribution in [1.82, 2.24) is 5.32 Å². The van der Waals surface area contributed by atoms with Gasteiger partial charge in [-0.15, -0.1) is 0 Å². The second-order valence-corrected chi connectivity index (χ2v) is 4.45. The first-order valence-corrected chi connectivity index (χ1v) is 6.84. The van der Waals surface area contributed by atoms with Gasteiger partial charge in [0.1, 0.15) is 6.61 Å². The van der Waals surface area contributed by atoms with E-state index in [0.29, 0.717) is 10.9 Å². The molecule has 0 fully saturated rings. The van der Waals surface area contributed by atoms with Gasteiger partial charge in [-0.1, -0.05) is 23.9 Å². The molecule has 20 heavy (non-hydrogen) atoms. The summed E-state index contributed by atoms with van der Waals surface area (Å²) in [5, 5.41) is 11.4. The highest BCUT2D eigenvalue weighted by Crippen LogP contribution is 2.21. The Labute approximate surface area is 120 Å². The lowest BCUT2D eigenvalue weighted by Gasteiger charge is -2.06. The summed E-state index contributed by atoms with van der Waals surface area (Å²) in [5.74, 6) is -0.868. The van der Waals surface area contributed by atoms with Crippen LogP contribution < -0.4 is 5.32 Å². The van der Waals surface area contributed by atoms with Crippen molar-refractivity contribution in [2.75, 3.05) is 12.9 Å². The Morgan fingerprint density at radius 3 is 2.75 bits per heavy atom. The molecule has 7 heteroatoms. The molecule has 0 bridgehead atoms. The smallest absolute Gasteiger partial charge is 0.340 e. The van der Waals surface area contributed by atoms with Gasteiger partial charge in [-0.25, -0.2) is 9.79 Å². The quantitative estimate of drug-likeness (QED) is 0.299. The fourth-order valence-electron chi connectivity index (χ4n) is 1.27. The topological polar surface area (TPSA) is 91.5 Å². The second-order valence-electron chi connectivity index (χ2n) is 3.65. The number of hydrogen-bond donors (Lipinski definition) is 1. The Bertz CT molecular complexity index is 578. The lowest BCUT2D eigenvalue weighted by molar-refractivity contribution is -0.120. The number of esters is 1. The van der Waals surface area contributed by atoms with E-state index >= 15 is 0 Å². The molecule has 1 aromatic carbocycles. The zero-order chi connectivity index (χ0) is 15.0. The van der Waals surface area contributed by atoms with Crippen LogP contribution in [-0.2, 0) is 9.53 Å². The molecule has 0 spiro atoms. The highest BCUT2D eigenvalue weighted by Gasteiger charge is 2.13. The number of thioether (sulfide) groups is 1. The van der Waals surface area contributed by atoms with Gasteiger partial charge in [0.25, 0.3) is 0 Å². The summed E-state index contributed by atoms with van der Waals surface area (Å²) >= 11 is 1.24. The predicted octanol–water partition coefficient (Wildman–Crippen LogP) is 1.85. The summed E-state index contributed by atoms with van der Waals surface area (Å²) < 4.78 is 4.86. The number of amidine groups is 1. The largest absolute Gasteiger partial charge is 0.454 e. The lowest BCUT2D eigenvalue weighted by atomic mass is 10.2. The highest BCUT2D eigenvalue weighted by molar-refractivity contribution is 8.13. The molecule has 1 aromatic rings. The van der Waals surface area contributed by atoms with Gasteiger partial charge in [-0.2, -0.15) is 5.26 Å². The van der Waals surface area contributed by atoms with E-state index in [1.165, 1.54) is 18.7 Å². The van der Waals surface area contributed by atoms with Crippen molar-refractivity contribution in [3.63, 3.8) is 0 Å². The van der Waals surface area contributed by atoms with Gasteiger partial charge in [0, 0.05) is 0 Å². The molecule has 0 aliphatic rings. The average Bonchev–Trinajstić information content (AvgIpc) is 2.44. The van der Waals surface area contributed by atoms with Crippen molar-refractivity contribution in [3.05, 3.63) is 29.8 Å². The molecular formula is C13H13N3O3S. The van der Waals surface area contributed by atoms with E-state index in [0.717, 1.165) is 0 Å². The minimum atomic E-state index is -0.628. The third-order valence-corrected chi connectivity index (χ3v) is 2.69. The summed E-state index contributed by atoms with van der Waals surface area (Å²) in [7, 11) is 0. The standard InChI is InChI=1S/C13H13N3O3S/c1-9(17)7-19-12(18)10-5-3-4-6-11(10)16-13(20-2)15-8-14/h3-6H,7H2,1-2H3,(H,15,16). The van der Waals surface area contributed by atoms with Crippen LogP contribution in [0.4, 0.5) is 5.69 Å². The molecule has 0 aliphatic heterocycles. The van der Waals surface area contributed by atoms with E-state index in [4.69, 9.17) is 10.00 Å². The number of nitrogens with zero attached hydrogens (tertiary/aromatic N) is 2. The van der Waals surface area contributed by atoms with Crippen LogP contribution in [0.2, 0.25) is 0 Å². The number of Topliss-reactive ketones (excluding diaryl/α,β-unsaturated/α-hetero) is 1. The molecule has 0 saturated carbocycles. The summed E-state index contributed by atoms with van der Waals surface area (Å²) in [4.78, 5) is 26.9. The fraction of sp³-hybridized carbons (Fsp3) is 0.231. The van der Waals surface area contributed by atoms with Gasteiger partial charge in [0.05, 0.1) is 11.3 Å². The maximum atomic E-state index is 11.9. The van der Waals surface area contributed by atoms with E-state index in [2.05, 4.69) is 10.3 Å². The molecule has 0 aliphatic carbocycles. The highest BCUT2D eigenvalue weighted by atomic mass is 32.2. The second kappa shape index (κ2) is 7.96. The predicted molar refractivity (Wildman–Crippen MR) is 76.8 cm³/mol. The maximum Gasteiger partial charge on any atom is 0.340 e. The number of nitriles is 1. The van der Waals surface area contributed by atoms with Crippen LogP contribution >= 0.6 is 11.8 Å². The van der Waals surface area contributed by atoms with Gasteiger partial charge in [0.15, 0.2) is 17.1 Å². The molecule has 0 radical (unpaired) electrons. The first kappa shape index (κ1) is 15.7. The molecule has 1 N–H and O–H groups in total.